The summed E-state index contributed by atoms with van der Waals surface area (Å²) in [5, 5.41) is 10.9. The summed E-state index contributed by atoms with van der Waals surface area (Å²) in [6.07, 6.45) is 0. The highest BCUT2D eigenvalue weighted by Crippen LogP contribution is 2.34. The normalized spacial score (nSPS) is 10.0. The predicted octanol–water partition coefficient (Wildman–Crippen LogP) is 4.16. The minimum Gasteiger partial charge on any atom is -0.497 e. The third-order valence-electron chi connectivity index (χ3n) is 2.41. The van der Waals surface area contributed by atoms with Gasteiger partial charge in [0.1, 0.15) is 11.5 Å². The lowest BCUT2D eigenvalue weighted by Crippen LogP contribution is -1.94. The molecule has 0 saturated heterocycles. The molecule has 0 heterocycles. The van der Waals surface area contributed by atoms with Gasteiger partial charge in [0.25, 0.3) is 0 Å². The van der Waals surface area contributed by atoms with Crippen molar-refractivity contribution in [1.82, 2.24) is 0 Å². The van der Waals surface area contributed by atoms with Crippen molar-refractivity contribution < 1.29 is 14.4 Å². The van der Waals surface area contributed by atoms with Crippen molar-refractivity contribution in [3.63, 3.8) is 0 Å². The Morgan fingerprint density at radius 3 is 2.32 bits per heavy atom. The van der Waals surface area contributed by atoms with Gasteiger partial charge in [-0.15, -0.1) is 0 Å². The van der Waals surface area contributed by atoms with Crippen LogP contribution < -0.4 is 9.47 Å². The van der Waals surface area contributed by atoms with E-state index in [1.165, 1.54) is 25.3 Å². The molecule has 0 N–H and O–H groups in total. The number of nitro groups is 1. The quantitative estimate of drug-likeness (QED) is 0.626. The number of nitrogens with zero attached hydrogens (tertiary/aromatic N) is 1. The number of nitro benzene ring substituents is 1. The van der Waals surface area contributed by atoms with E-state index >= 15 is 0 Å². The molecule has 0 bridgehead atoms. The van der Waals surface area contributed by atoms with Crippen LogP contribution in [0.15, 0.2) is 46.9 Å². The van der Waals surface area contributed by atoms with Gasteiger partial charge < -0.3 is 9.47 Å². The predicted molar refractivity (Wildman–Crippen MR) is 73.9 cm³/mol. The molecule has 0 aromatic heterocycles. The zero-order valence-electron chi connectivity index (χ0n) is 10.00. The fourth-order valence-corrected chi connectivity index (χ4v) is 1.75. The van der Waals surface area contributed by atoms with Gasteiger partial charge in [-0.2, -0.15) is 0 Å². The van der Waals surface area contributed by atoms with E-state index in [1.54, 1.807) is 24.3 Å². The summed E-state index contributed by atoms with van der Waals surface area (Å²) in [4.78, 5) is 10.5. The van der Waals surface area contributed by atoms with Gasteiger partial charge in [-0.1, -0.05) is 15.9 Å². The first kappa shape index (κ1) is 13.4. The second-order valence-electron chi connectivity index (χ2n) is 3.65. The number of ether oxygens (including phenoxy) is 2. The zero-order chi connectivity index (χ0) is 13.8. The molecule has 19 heavy (non-hydrogen) atoms. The Morgan fingerprint density at radius 1 is 1.11 bits per heavy atom. The number of rotatable bonds is 4. The molecule has 0 aliphatic heterocycles. The van der Waals surface area contributed by atoms with Gasteiger partial charge in [0.2, 0.25) is 5.75 Å². The van der Waals surface area contributed by atoms with Crippen LogP contribution in [0.4, 0.5) is 5.69 Å². The zero-order valence-corrected chi connectivity index (χ0v) is 11.6. The van der Waals surface area contributed by atoms with Crippen molar-refractivity contribution in [2.75, 3.05) is 7.11 Å². The van der Waals surface area contributed by atoms with Crippen LogP contribution in [-0.4, -0.2) is 12.0 Å². The van der Waals surface area contributed by atoms with Crippen molar-refractivity contribution in [1.29, 1.82) is 0 Å². The molecule has 0 spiro atoms. The highest BCUT2D eigenvalue weighted by Gasteiger charge is 2.16. The molecule has 2 rings (SSSR count). The summed E-state index contributed by atoms with van der Waals surface area (Å²) in [5.74, 6) is 1.16. The topological polar surface area (TPSA) is 61.6 Å². The van der Waals surface area contributed by atoms with Gasteiger partial charge >= 0.3 is 5.69 Å². The van der Waals surface area contributed by atoms with Crippen LogP contribution in [0.5, 0.6) is 17.2 Å². The van der Waals surface area contributed by atoms with E-state index in [4.69, 9.17) is 9.47 Å². The molecule has 0 radical (unpaired) electrons. The second-order valence-corrected chi connectivity index (χ2v) is 4.56. The highest BCUT2D eigenvalue weighted by atomic mass is 79.9. The summed E-state index contributed by atoms with van der Waals surface area (Å²) in [6, 6.07) is 11.4. The Kier molecular flexibility index (Phi) is 4.01. The first-order valence-corrected chi connectivity index (χ1v) is 6.15. The number of benzene rings is 2. The van der Waals surface area contributed by atoms with E-state index in [9.17, 15) is 10.1 Å². The van der Waals surface area contributed by atoms with E-state index in [1.807, 2.05) is 0 Å². The van der Waals surface area contributed by atoms with Crippen molar-refractivity contribution in [3.8, 4) is 17.2 Å². The molecule has 0 amide bonds. The maximum atomic E-state index is 10.9. The van der Waals surface area contributed by atoms with E-state index in [0.717, 1.165) is 4.47 Å². The average Bonchev–Trinajstić information content (AvgIpc) is 2.41. The van der Waals surface area contributed by atoms with Crippen molar-refractivity contribution in [2.45, 2.75) is 0 Å². The Labute approximate surface area is 118 Å². The highest BCUT2D eigenvalue weighted by molar-refractivity contribution is 9.10. The van der Waals surface area contributed by atoms with Crippen LogP contribution in [0, 0.1) is 10.1 Å². The Bertz CT molecular complexity index is 598. The molecule has 0 saturated carbocycles. The van der Waals surface area contributed by atoms with Crippen molar-refractivity contribution in [2.24, 2.45) is 0 Å². The average molecular weight is 324 g/mol. The second kappa shape index (κ2) is 5.71. The third-order valence-corrected chi connectivity index (χ3v) is 2.93. The fraction of sp³-hybridized carbons (Fsp3) is 0.0769. The van der Waals surface area contributed by atoms with E-state index in [-0.39, 0.29) is 11.4 Å². The Morgan fingerprint density at radius 2 is 1.74 bits per heavy atom. The summed E-state index contributed by atoms with van der Waals surface area (Å²) >= 11 is 3.31. The van der Waals surface area contributed by atoms with Crippen molar-refractivity contribution >= 4 is 21.6 Å². The summed E-state index contributed by atoms with van der Waals surface area (Å²) in [6.45, 7) is 0. The fourth-order valence-electron chi connectivity index (χ4n) is 1.48. The first-order chi connectivity index (χ1) is 9.10. The minimum absolute atomic E-state index is 0.108. The summed E-state index contributed by atoms with van der Waals surface area (Å²) < 4.78 is 11.5. The van der Waals surface area contributed by atoms with Gasteiger partial charge in [-0.05, 0) is 30.3 Å². The maximum Gasteiger partial charge on any atom is 0.311 e. The minimum atomic E-state index is -0.492. The molecule has 0 fully saturated rings. The van der Waals surface area contributed by atoms with Crippen LogP contribution in [0.2, 0.25) is 0 Å². The SMILES string of the molecule is COc1ccc([N+](=O)[O-])c(Oc2ccc(Br)cc2)c1. The molecule has 0 aliphatic rings. The Balaban J connectivity index is 2.36. The van der Waals surface area contributed by atoms with Crippen molar-refractivity contribution in [3.05, 3.63) is 57.1 Å². The molecular formula is C13H10BrNO4. The largest absolute Gasteiger partial charge is 0.497 e. The first-order valence-electron chi connectivity index (χ1n) is 5.36. The molecule has 98 valence electrons. The molecular weight excluding hydrogens is 314 g/mol. The Hall–Kier alpha value is -2.08. The van der Waals surface area contributed by atoms with Gasteiger partial charge in [0, 0.05) is 16.6 Å². The summed E-state index contributed by atoms with van der Waals surface area (Å²) in [5.41, 5.74) is -0.108. The number of methoxy groups -OCH3 is 1. The van der Waals surface area contributed by atoms with Gasteiger partial charge in [0.15, 0.2) is 0 Å². The lowest BCUT2D eigenvalue weighted by atomic mass is 10.2. The molecule has 0 atom stereocenters. The van der Waals surface area contributed by atoms with Gasteiger partial charge in [-0.25, -0.2) is 0 Å². The molecule has 6 heteroatoms. The standard InChI is InChI=1S/C13H10BrNO4/c1-18-11-6-7-12(15(16)17)13(8-11)19-10-4-2-9(14)3-5-10/h2-8H,1H3. The lowest BCUT2D eigenvalue weighted by Gasteiger charge is -2.08. The molecule has 2 aromatic carbocycles. The van der Waals surface area contributed by atoms with E-state index in [2.05, 4.69) is 15.9 Å². The molecule has 0 aliphatic carbocycles. The van der Waals surface area contributed by atoms with Crippen LogP contribution in [0.3, 0.4) is 0 Å². The molecule has 0 unspecified atom stereocenters. The third kappa shape index (κ3) is 3.23. The molecule has 5 nitrogen and oxygen atoms in total. The van der Waals surface area contributed by atoms with E-state index in [0.29, 0.717) is 11.5 Å². The maximum absolute atomic E-state index is 10.9. The van der Waals surface area contributed by atoms with E-state index < -0.39 is 4.92 Å². The van der Waals surface area contributed by atoms with Crippen LogP contribution >= 0.6 is 15.9 Å². The monoisotopic (exact) mass is 323 g/mol. The summed E-state index contributed by atoms with van der Waals surface area (Å²) in [7, 11) is 1.49. The number of hydrogen-bond donors (Lipinski definition) is 0. The van der Waals surface area contributed by atoms with Crippen LogP contribution in [-0.2, 0) is 0 Å². The van der Waals surface area contributed by atoms with Crippen LogP contribution in [0.1, 0.15) is 0 Å². The van der Waals surface area contributed by atoms with Crippen LogP contribution in [0.25, 0.3) is 0 Å². The number of hydrogen-bond acceptors (Lipinski definition) is 4. The number of halogens is 1. The smallest absolute Gasteiger partial charge is 0.311 e. The lowest BCUT2D eigenvalue weighted by molar-refractivity contribution is -0.385. The molecule has 2 aromatic rings. The van der Waals surface area contributed by atoms with Gasteiger partial charge in [-0.3, -0.25) is 10.1 Å². The van der Waals surface area contributed by atoms with Gasteiger partial charge in [0.05, 0.1) is 12.0 Å².